The van der Waals surface area contributed by atoms with Crippen LogP contribution in [0.4, 0.5) is 0 Å². The van der Waals surface area contributed by atoms with Crippen LogP contribution >= 0.6 is 15.9 Å². The topological polar surface area (TPSA) is 27.7 Å². The molecule has 17 heavy (non-hydrogen) atoms. The molecule has 4 heteroatoms. The van der Waals surface area contributed by atoms with Gasteiger partial charge in [-0.15, -0.1) is 0 Å². The second-order valence-electron chi connectivity index (χ2n) is 3.98. The van der Waals surface area contributed by atoms with Gasteiger partial charge >= 0.3 is 0 Å². The third kappa shape index (κ3) is 4.66. The summed E-state index contributed by atoms with van der Waals surface area (Å²) in [5.41, 5.74) is 0. The van der Waals surface area contributed by atoms with Crippen molar-refractivity contribution in [2.24, 2.45) is 0 Å². The number of benzene rings is 1. The fourth-order valence-corrected chi connectivity index (χ4v) is 2.01. The van der Waals surface area contributed by atoms with E-state index in [1.54, 1.807) is 0 Å². The lowest BCUT2D eigenvalue weighted by molar-refractivity contribution is -0.0388. The van der Waals surface area contributed by atoms with Gasteiger partial charge in [-0.2, -0.15) is 0 Å². The van der Waals surface area contributed by atoms with Crippen molar-refractivity contribution in [1.29, 1.82) is 0 Å². The molecule has 0 atom stereocenters. The third-order valence-corrected chi connectivity index (χ3v) is 3.22. The van der Waals surface area contributed by atoms with Gasteiger partial charge in [-0.05, 0) is 37.1 Å². The molecule has 2 rings (SSSR count). The first kappa shape index (κ1) is 12.9. The molecule has 1 aromatic carbocycles. The van der Waals surface area contributed by atoms with Crippen LogP contribution in [0, 0.1) is 0 Å². The molecular weight excluding hydrogens is 284 g/mol. The number of halogens is 1. The Balaban J connectivity index is 1.60. The molecule has 1 aliphatic rings. The zero-order valence-corrected chi connectivity index (χ0v) is 11.3. The molecule has 0 N–H and O–H groups in total. The highest BCUT2D eigenvalue weighted by atomic mass is 79.9. The highest BCUT2D eigenvalue weighted by molar-refractivity contribution is 9.10. The Bertz CT molecular complexity index is 320. The van der Waals surface area contributed by atoms with Crippen LogP contribution in [0.3, 0.4) is 0 Å². The predicted molar refractivity (Wildman–Crippen MR) is 69.4 cm³/mol. The Kier molecular flexibility index (Phi) is 5.29. The molecule has 0 aliphatic carbocycles. The van der Waals surface area contributed by atoms with E-state index in [4.69, 9.17) is 14.2 Å². The zero-order chi connectivity index (χ0) is 11.9. The fraction of sp³-hybridized carbons (Fsp3) is 0.538. The molecule has 0 unspecified atom stereocenters. The molecule has 1 aliphatic heterocycles. The van der Waals surface area contributed by atoms with E-state index in [0.29, 0.717) is 19.3 Å². The van der Waals surface area contributed by atoms with Gasteiger partial charge in [0.15, 0.2) is 0 Å². The summed E-state index contributed by atoms with van der Waals surface area (Å²) in [6, 6.07) is 7.82. The van der Waals surface area contributed by atoms with Crippen molar-refractivity contribution < 1.29 is 14.2 Å². The summed E-state index contributed by atoms with van der Waals surface area (Å²) >= 11 is 3.39. The van der Waals surface area contributed by atoms with Crippen molar-refractivity contribution in [1.82, 2.24) is 0 Å². The van der Waals surface area contributed by atoms with E-state index in [-0.39, 0.29) is 0 Å². The first-order valence-corrected chi connectivity index (χ1v) is 6.71. The Morgan fingerprint density at radius 2 is 1.82 bits per heavy atom. The highest BCUT2D eigenvalue weighted by Crippen LogP contribution is 2.16. The molecule has 1 fully saturated rings. The maximum Gasteiger partial charge on any atom is 0.119 e. The van der Waals surface area contributed by atoms with Crippen LogP contribution in [0.15, 0.2) is 28.7 Å². The first-order chi connectivity index (χ1) is 8.34. The normalized spacial score (nSPS) is 17.0. The molecule has 0 spiro atoms. The summed E-state index contributed by atoms with van der Waals surface area (Å²) in [5.74, 6) is 0.878. The summed E-state index contributed by atoms with van der Waals surface area (Å²) in [6.45, 7) is 2.87. The van der Waals surface area contributed by atoms with Crippen LogP contribution in [-0.2, 0) is 9.47 Å². The standard InChI is InChI=1S/C13H17BrO3/c14-11-1-3-12(4-2-11)16-9-10-17-13-5-7-15-8-6-13/h1-4,13H,5-10H2. The Labute approximate surface area is 110 Å². The van der Waals surface area contributed by atoms with Crippen molar-refractivity contribution in [2.45, 2.75) is 18.9 Å². The van der Waals surface area contributed by atoms with Crippen LogP contribution in [-0.4, -0.2) is 32.5 Å². The molecule has 0 aromatic heterocycles. The molecule has 0 saturated carbocycles. The van der Waals surface area contributed by atoms with E-state index in [1.165, 1.54) is 0 Å². The van der Waals surface area contributed by atoms with Crippen molar-refractivity contribution in [3.63, 3.8) is 0 Å². The maximum atomic E-state index is 5.71. The van der Waals surface area contributed by atoms with E-state index >= 15 is 0 Å². The average Bonchev–Trinajstić information content (AvgIpc) is 2.38. The van der Waals surface area contributed by atoms with Crippen molar-refractivity contribution in [3.05, 3.63) is 28.7 Å². The van der Waals surface area contributed by atoms with E-state index in [0.717, 1.165) is 36.3 Å². The van der Waals surface area contributed by atoms with Crippen LogP contribution in [0.2, 0.25) is 0 Å². The molecule has 0 radical (unpaired) electrons. The summed E-state index contributed by atoms with van der Waals surface area (Å²) in [4.78, 5) is 0. The van der Waals surface area contributed by atoms with Gasteiger partial charge in [0.1, 0.15) is 12.4 Å². The molecular formula is C13H17BrO3. The summed E-state index contributed by atoms with van der Waals surface area (Å²) in [7, 11) is 0. The predicted octanol–water partition coefficient (Wildman–Crippen LogP) is 3.02. The van der Waals surface area contributed by atoms with E-state index < -0.39 is 0 Å². The van der Waals surface area contributed by atoms with Gasteiger partial charge in [-0.25, -0.2) is 0 Å². The number of ether oxygens (including phenoxy) is 3. The summed E-state index contributed by atoms with van der Waals surface area (Å²) in [5, 5.41) is 0. The number of hydrogen-bond donors (Lipinski definition) is 0. The smallest absolute Gasteiger partial charge is 0.119 e. The van der Waals surface area contributed by atoms with E-state index in [1.807, 2.05) is 24.3 Å². The van der Waals surface area contributed by atoms with Gasteiger partial charge in [-0.3, -0.25) is 0 Å². The molecule has 1 saturated heterocycles. The van der Waals surface area contributed by atoms with Gasteiger partial charge in [0.25, 0.3) is 0 Å². The Hall–Kier alpha value is -0.580. The van der Waals surface area contributed by atoms with E-state index in [9.17, 15) is 0 Å². The van der Waals surface area contributed by atoms with Crippen LogP contribution < -0.4 is 4.74 Å². The minimum Gasteiger partial charge on any atom is -0.491 e. The molecule has 0 bridgehead atoms. The minimum absolute atomic E-state index is 0.345. The molecule has 1 heterocycles. The second kappa shape index (κ2) is 6.99. The van der Waals surface area contributed by atoms with Crippen LogP contribution in [0.5, 0.6) is 5.75 Å². The van der Waals surface area contributed by atoms with Crippen molar-refractivity contribution in [2.75, 3.05) is 26.4 Å². The first-order valence-electron chi connectivity index (χ1n) is 5.92. The lowest BCUT2D eigenvalue weighted by atomic mass is 10.2. The van der Waals surface area contributed by atoms with Gasteiger partial charge in [0, 0.05) is 17.7 Å². The number of rotatable bonds is 5. The largest absolute Gasteiger partial charge is 0.491 e. The zero-order valence-electron chi connectivity index (χ0n) is 9.73. The van der Waals surface area contributed by atoms with E-state index in [2.05, 4.69) is 15.9 Å². The van der Waals surface area contributed by atoms with Gasteiger partial charge < -0.3 is 14.2 Å². The SMILES string of the molecule is Brc1ccc(OCCOC2CCOCC2)cc1. The lowest BCUT2D eigenvalue weighted by Crippen LogP contribution is -2.25. The summed E-state index contributed by atoms with van der Waals surface area (Å²) in [6.07, 6.45) is 2.34. The van der Waals surface area contributed by atoms with Crippen LogP contribution in [0.1, 0.15) is 12.8 Å². The third-order valence-electron chi connectivity index (χ3n) is 2.69. The minimum atomic E-state index is 0.345. The molecule has 0 amide bonds. The average molecular weight is 301 g/mol. The fourth-order valence-electron chi connectivity index (χ4n) is 1.75. The van der Waals surface area contributed by atoms with Gasteiger partial charge in [-0.1, -0.05) is 15.9 Å². The molecule has 3 nitrogen and oxygen atoms in total. The lowest BCUT2D eigenvalue weighted by Gasteiger charge is -2.22. The van der Waals surface area contributed by atoms with Crippen molar-refractivity contribution in [3.8, 4) is 5.75 Å². The maximum absolute atomic E-state index is 5.71. The quantitative estimate of drug-likeness (QED) is 0.782. The van der Waals surface area contributed by atoms with Crippen molar-refractivity contribution >= 4 is 15.9 Å². The second-order valence-corrected chi connectivity index (χ2v) is 4.90. The highest BCUT2D eigenvalue weighted by Gasteiger charge is 2.13. The number of hydrogen-bond acceptors (Lipinski definition) is 3. The molecule has 94 valence electrons. The van der Waals surface area contributed by atoms with Gasteiger partial charge in [0.05, 0.1) is 12.7 Å². The molecule has 1 aromatic rings. The van der Waals surface area contributed by atoms with Gasteiger partial charge in [0.2, 0.25) is 0 Å². The monoisotopic (exact) mass is 300 g/mol. The van der Waals surface area contributed by atoms with Crippen LogP contribution in [0.25, 0.3) is 0 Å². The Morgan fingerprint density at radius 1 is 1.12 bits per heavy atom. The summed E-state index contributed by atoms with van der Waals surface area (Å²) < 4.78 is 17.6. The Morgan fingerprint density at radius 3 is 2.53 bits per heavy atom.